The summed E-state index contributed by atoms with van der Waals surface area (Å²) in [5, 5.41) is 8.46. The molecule has 0 atom stereocenters. The van der Waals surface area contributed by atoms with Crippen LogP contribution in [0.4, 0.5) is 0 Å². The molecule has 104 valence electrons. The number of ether oxygens (including phenoxy) is 1. The number of amides is 2. The van der Waals surface area contributed by atoms with Gasteiger partial charge >= 0.3 is 0 Å². The van der Waals surface area contributed by atoms with E-state index >= 15 is 0 Å². The molecule has 0 bridgehead atoms. The summed E-state index contributed by atoms with van der Waals surface area (Å²) in [4.78, 5) is 21.8. The number of rotatable bonds is 7. The SMILES string of the molecule is CC(=O)NCC(=O)NCCCOC1CCNCC1. The number of carbonyl (C=O) groups excluding carboxylic acids is 2. The fourth-order valence-electron chi connectivity index (χ4n) is 1.78. The van der Waals surface area contributed by atoms with Crippen LogP contribution in [0.3, 0.4) is 0 Å². The Hall–Kier alpha value is -1.14. The average Bonchev–Trinajstić information content (AvgIpc) is 2.37. The highest BCUT2D eigenvalue weighted by molar-refractivity contribution is 5.83. The predicted molar refractivity (Wildman–Crippen MR) is 68.2 cm³/mol. The zero-order valence-electron chi connectivity index (χ0n) is 11.0. The minimum absolute atomic E-state index is 0.0461. The molecule has 2 amide bonds. The van der Waals surface area contributed by atoms with E-state index in [1.54, 1.807) is 0 Å². The van der Waals surface area contributed by atoms with Crippen molar-refractivity contribution in [1.29, 1.82) is 0 Å². The summed E-state index contributed by atoms with van der Waals surface area (Å²) in [6.45, 7) is 4.75. The van der Waals surface area contributed by atoms with Gasteiger partial charge in [0, 0.05) is 20.1 Å². The van der Waals surface area contributed by atoms with Gasteiger partial charge in [0.05, 0.1) is 12.6 Å². The third-order valence-electron chi connectivity index (χ3n) is 2.78. The van der Waals surface area contributed by atoms with Crippen molar-refractivity contribution in [2.45, 2.75) is 32.3 Å². The molecule has 1 aliphatic rings. The zero-order valence-corrected chi connectivity index (χ0v) is 11.0. The van der Waals surface area contributed by atoms with E-state index in [1.807, 2.05) is 0 Å². The smallest absolute Gasteiger partial charge is 0.239 e. The largest absolute Gasteiger partial charge is 0.378 e. The van der Waals surface area contributed by atoms with Crippen LogP contribution in [-0.4, -0.2) is 50.7 Å². The molecule has 0 radical (unpaired) electrons. The van der Waals surface area contributed by atoms with Crippen molar-refractivity contribution in [3.8, 4) is 0 Å². The van der Waals surface area contributed by atoms with E-state index in [0.29, 0.717) is 19.3 Å². The van der Waals surface area contributed by atoms with E-state index in [1.165, 1.54) is 6.92 Å². The van der Waals surface area contributed by atoms with Crippen LogP contribution in [0.15, 0.2) is 0 Å². The molecule has 6 heteroatoms. The molecule has 0 spiro atoms. The molecule has 0 unspecified atom stereocenters. The van der Waals surface area contributed by atoms with Gasteiger partial charge in [-0.3, -0.25) is 9.59 Å². The molecule has 0 saturated carbocycles. The zero-order chi connectivity index (χ0) is 13.2. The van der Waals surface area contributed by atoms with Gasteiger partial charge in [0.15, 0.2) is 0 Å². The molecule has 1 aliphatic heterocycles. The number of nitrogens with one attached hydrogen (secondary N) is 3. The Bertz CT molecular complexity index is 265. The number of carbonyl (C=O) groups is 2. The molecule has 0 aromatic carbocycles. The van der Waals surface area contributed by atoms with Gasteiger partial charge in [-0.15, -0.1) is 0 Å². The number of piperidine rings is 1. The Morgan fingerprint density at radius 3 is 2.67 bits per heavy atom. The fourth-order valence-corrected chi connectivity index (χ4v) is 1.78. The molecule has 1 rings (SSSR count). The van der Waals surface area contributed by atoms with Gasteiger partial charge in [-0.1, -0.05) is 0 Å². The predicted octanol–water partition coefficient (Wildman–Crippen LogP) is -0.603. The highest BCUT2D eigenvalue weighted by Crippen LogP contribution is 2.06. The second kappa shape index (κ2) is 8.88. The highest BCUT2D eigenvalue weighted by atomic mass is 16.5. The lowest BCUT2D eigenvalue weighted by molar-refractivity contribution is -0.125. The molecule has 1 saturated heterocycles. The van der Waals surface area contributed by atoms with Gasteiger partial charge in [-0.05, 0) is 32.4 Å². The van der Waals surface area contributed by atoms with Crippen molar-refractivity contribution in [3.63, 3.8) is 0 Å². The van der Waals surface area contributed by atoms with Crippen LogP contribution in [0.1, 0.15) is 26.2 Å². The van der Waals surface area contributed by atoms with Gasteiger partial charge in [0.2, 0.25) is 11.8 Å². The van der Waals surface area contributed by atoms with E-state index in [9.17, 15) is 9.59 Å². The quantitative estimate of drug-likeness (QED) is 0.532. The summed E-state index contributed by atoms with van der Waals surface area (Å²) in [5.74, 6) is -0.355. The molecule has 0 aromatic rings. The van der Waals surface area contributed by atoms with Crippen LogP contribution in [-0.2, 0) is 14.3 Å². The van der Waals surface area contributed by atoms with E-state index in [-0.39, 0.29) is 18.4 Å². The maximum absolute atomic E-state index is 11.2. The van der Waals surface area contributed by atoms with Crippen molar-refractivity contribution >= 4 is 11.8 Å². The maximum Gasteiger partial charge on any atom is 0.239 e. The first kappa shape index (κ1) is 14.9. The number of hydrogen-bond donors (Lipinski definition) is 3. The second-order valence-electron chi connectivity index (χ2n) is 4.43. The first-order chi connectivity index (χ1) is 8.68. The molecule has 6 nitrogen and oxygen atoms in total. The standard InChI is InChI=1S/C12H23N3O3/c1-10(16)15-9-12(17)14-5-2-8-18-11-3-6-13-7-4-11/h11,13H,2-9H2,1H3,(H,14,17)(H,15,16). The maximum atomic E-state index is 11.2. The normalized spacial score (nSPS) is 16.3. The Morgan fingerprint density at radius 1 is 1.28 bits per heavy atom. The van der Waals surface area contributed by atoms with Gasteiger partial charge in [0.25, 0.3) is 0 Å². The number of hydrogen-bond acceptors (Lipinski definition) is 4. The van der Waals surface area contributed by atoms with Crippen LogP contribution in [0, 0.1) is 0 Å². The lowest BCUT2D eigenvalue weighted by Crippen LogP contribution is -2.37. The third-order valence-corrected chi connectivity index (χ3v) is 2.78. The lowest BCUT2D eigenvalue weighted by Gasteiger charge is -2.22. The van der Waals surface area contributed by atoms with Crippen LogP contribution < -0.4 is 16.0 Å². The molecule has 18 heavy (non-hydrogen) atoms. The second-order valence-corrected chi connectivity index (χ2v) is 4.43. The van der Waals surface area contributed by atoms with E-state index in [4.69, 9.17) is 4.74 Å². The van der Waals surface area contributed by atoms with Gasteiger partial charge < -0.3 is 20.7 Å². The van der Waals surface area contributed by atoms with Crippen LogP contribution in [0.2, 0.25) is 0 Å². The molecule has 0 aliphatic carbocycles. The Labute approximate surface area is 108 Å². The molecule has 3 N–H and O–H groups in total. The minimum atomic E-state index is -0.195. The van der Waals surface area contributed by atoms with Crippen LogP contribution >= 0.6 is 0 Å². The summed E-state index contributed by atoms with van der Waals surface area (Å²) in [5.41, 5.74) is 0. The topological polar surface area (TPSA) is 79.5 Å². The third kappa shape index (κ3) is 7.24. The monoisotopic (exact) mass is 257 g/mol. The van der Waals surface area contributed by atoms with E-state index in [2.05, 4.69) is 16.0 Å². The van der Waals surface area contributed by atoms with Crippen molar-refractivity contribution in [2.24, 2.45) is 0 Å². The van der Waals surface area contributed by atoms with Crippen molar-refractivity contribution in [3.05, 3.63) is 0 Å². The summed E-state index contributed by atoms with van der Waals surface area (Å²) >= 11 is 0. The van der Waals surface area contributed by atoms with Gasteiger partial charge in [-0.2, -0.15) is 0 Å². The lowest BCUT2D eigenvalue weighted by atomic mass is 10.1. The van der Waals surface area contributed by atoms with E-state index in [0.717, 1.165) is 32.4 Å². The summed E-state index contributed by atoms with van der Waals surface area (Å²) < 4.78 is 5.70. The average molecular weight is 257 g/mol. The molecule has 1 fully saturated rings. The molecule has 1 heterocycles. The Morgan fingerprint density at radius 2 is 2.00 bits per heavy atom. The summed E-state index contributed by atoms with van der Waals surface area (Å²) in [7, 11) is 0. The molecular formula is C12H23N3O3. The first-order valence-electron chi connectivity index (χ1n) is 6.52. The highest BCUT2D eigenvalue weighted by Gasteiger charge is 2.12. The molecule has 0 aromatic heterocycles. The van der Waals surface area contributed by atoms with Crippen molar-refractivity contribution < 1.29 is 14.3 Å². The van der Waals surface area contributed by atoms with Gasteiger partial charge in [-0.25, -0.2) is 0 Å². The van der Waals surface area contributed by atoms with Crippen molar-refractivity contribution in [2.75, 3.05) is 32.8 Å². The molecular weight excluding hydrogens is 234 g/mol. The van der Waals surface area contributed by atoms with Crippen LogP contribution in [0.5, 0.6) is 0 Å². The summed E-state index contributed by atoms with van der Waals surface area (Å²) in [6, 6.07) is 0. The van der Waals surface area contributed by atoms with E-state index < -0.39 is 0 Å². The first-order valence-corrected chi connectivity index (χ1v) is 6.52. The van der Waals surface area contributed by atoms with Crippen molar-refractivity contribution in [1.82, 2.24) is 16.0 Å². The fraction of sp³-hybridized carbons (Fsp3) is 0.833. The Balaban J connectivity index is 1.91. The summed E-state index contributed by atoms with van der Waals surface area (Å²) in [6.07, 6.45) is 3.29. The Kier molecular flexibility index (Phi) is 7.36. The van der Waals surface area contributed by atoms with Gasteiger partial charge in [0.1, 0.15) is 0 Å². The van der Waals surface area contributed by atoms with Crippen LogP contribution in [0.25, 0.3) is 0 Å². The minimum Gasteiger partial charge on any atom is -0.378 e.